The summed E-state index contributed by atoms with van der Waals surface area (Å²) in [5.41, 5.74) is 0.704. The first kappa shape index (κ1) is 16.3. The van der Waals surface area contributed by atoms with Gasteiger partial charge in [0.05, 0.1) is 33.7 Å². The minimum atomic E-state index is -0.556. The average molecular weight is 368 g/mol. The molecule has 0 radical (unpaired) electrons. The van der Waals surface area contributed by atoms with Crippen LogP contribution in [0.15, 0.2) is 29.3 Å². The topological polar surface area (TPSA) is 106 Å². The van der Waals surface area contributed by atoms with Crippen LogP contribution in [0.25, 0.3) is 10.9 Å². The summed E-state index contributed by atoms with van der Waals surface area (Å²) in [6.45, 7) is 0.262. The van der Waals surface area contributed by atoms with E-state index in [0.29, 0.717) is 15.7 Å². The second-order valence-electron chi connectivity index (χ2n) is 5.06. The number of nitrogens with one attached hydrogen (secondary N) is 2. The Morgan fingerprint density at radius 1 is 1.38 bits per heavy atom. The van der Waals surface area contributed by atoms with Crippen molar-refractivity contribution in [2.24, 2.45) is 7.05 Å². The molecule has 0 spiro atoms. The molecule has 10 heteroatoms. The number of halogens is 2. The van der Waals surface area contributed by atoms with Gasteiger partial charge >= 0.3 is 0 Å². The van der Waals surface area contributed by atoms with E-state index in [9.17, 15) is 14.9 Å². The van der Waals surface area contributed by atoms with E-state index in [1.54, 1.807) is 17.7 Å². The summed E-state index contributed by atoms with van der Waals surface area (Å²) < 4.78 is 1.67. The highest BCUT2D eigenvalue weighted by Crippen LogP contribution is 2.30. The molecule has 2 heterocycles. The predicted molar refractivity (Wildman–Crippen MR) is 91.8 cm³/mol. The number of rotatable bonds is 4. The minimum absolute atomic E-state index is 0.153. The summed E-state index contributed by atoms with van der Waals surface area (Å²) in [4.78, 5) is 28.9. The number of hydrogen-bond donors (Lipinski definition) is 2. The van der Waals surface area contributed by atoms with Crippen molar-refractivity contribution in [2.75, 3.05) is 5.32 Å². The Labute approximate surface area is 145 Å². The number of benzene rings is 1. The van der Waals surface area contributed by atoms with Gasteiger partial charge in [-0.3, -0.25) is 14.9 Å². The van der Waals surface area contributed by atoms with E-state index in [2.05, 4.69) is 15.3 Å². The molecule has 0 bridgehead atoms. The molecule has 0 saturated carbocycles. The number of nitrogens with zero attached hydrogens (tertiary/aromatic N) is 3. The fourth-order valence-electron chi connectivity index (χ4n) is 2.34. The largest absolute Gasteiger partial charge is 0.374 e. The van der Waals surface area contributed by atoms with Gasteiger partial charge in [-0.05, 0) is 12.1 Å². The Hall–Kier alpha value is -2.58. The number of aromatic amines is 1. The number of nitro groups is 1. The molecule has 0 aliphatic rings. The molecule has 0 atom stereocenters. The number of anilines is 1. The number of hydrogen-bond acceptors (Lipinski definition) is 5. The van der Waals surface area contributed by atoms with Crippen LogP contribution in [0.2, 0.25) is 10.2 Å². The van der Waals surface area contributed by atoms with Crippen LogP contribution in [-0.4, -0.2) is 19.5 Å². The third-order valence-electron chi connectivity index (χ3n) is 3.63. The van der Waals surface area contributed by atoms with Gasteiger partial charge in [0.1, 0.15) is 10.8 Å². The van der Waals surface area contributed by atoms with E-state index in [1.165, 1.54) is 18.5 Å². The second-order valence-corrected chi connectivity index (χ2v) is 5.83. The smallest absolute Gasteiger partial charge is 0.293 e. The highest BCUT2D eigenvalue weighted by Gasteiger charge is 2.18. The molecule has 0 saturated heterocycles. The van der Waals surface area contributed by atoms with Crippen LogP contribution < -0.4 is 10.9 Å². The lowest BCUT2D eigenvalue weighted by Gasteiger charge is -2.09. The van der Waals surface area contributed by atoms with E-state index >= 15 is 0 Å². The summed E-state index contributed by atoms with van der Waals surface area (Å²) in [6, 6.07) is 4.34. The first-order valence-electron chi connectivity index (χ1n) is 6.77. The van der Waals surface area contributed by atoms with Gasteiger partial charge in [0.25, 0.3) is 11.2 Å². The Morgan fingerprint density at radius 2 is 2.12 bits per heavy atom. The van der Waals surface area contributed by atoms with Gasteiger partial charge in [-0.15, -0.1) is 0 Å². The lowest BCUT2D eigenvalue weighted by Crippen LogP contribution is -2.09. The van der Waals surface area contributed by atoms with Crippen LogP contribution in [0.1, 0.15) is 5.69 Å². The normalized spacial score (nSPS) is 11.0. The van der Waals surface area contributed by atoms with Gasteiger partial charge in [-0.25, -0.2) is 4.98 Å². The molecule has 2 aromatic heterocycles. The van der Waals surface area contributed by atoms with Crippen LogP contribution in [0.3, 0.4) is 0 Å². The lowest BCUT2D eigenvalue weighted by atomic mass is 10.2. The molecule has 24 heavy (non-hydrogen) atoms. The number of H-pyrrole nitrogens is 1. The summed E-state index contributed by atoms with van der Waals surface area (Å²) >= 11 is 12.0. The molecule has 0 aliphatic carbocycles. The van der Waals surface area contributed by atoms with Gasteiger partial charge in [-0.1, -0.05) is 23.2 Å². The molecule has 3 rings (SSSR count). The molecular formula is C14H11Cl2N5O3. The Morgan fingerprint density at radius 3 is 2.75 bits per heavy atom. The summed E-state index contributed by atoms with van der Waals surface area (Å²) in [6.07, 6.45) is 1.25. The van der Waals surface area contributed by atoms with Crippen molar-refractivity contribution < 1.29 is 4.92 Å². The molecule has 0 unspecified atom stereocenters. The van der Waals surface area contributed by atoms with Gasteiger partial charge in [0, 0.05) is 18.8 Å². The predicted octanol–water partition coefficient (Wildman–Crippen LogP) is 3.09. The molecular weight excluding hydrogens is 357 g/mol. The lowest BCUT2D eigenvalue weighted by molar-refractivity contribution is -0.383. The van der Waals surface area contributed by atoms with Crippen molar-refractivity contribution in [1.29, 1.82) is 0 Å². The maximum absolute atomic E-state index is 11.8. The highest BCUT2D eigenvalue weighted by atomic mass is 35.5. The fraction of sp³-hybridized carbons (Fsp3) is 0.143. The summed E-state index contributed by atoms with van der Waals surface area (Å²) in [5, 5.41) is 15.2. The Balaban J connectivity index is 2.01. The van der Waals surface area contributed by atoms with Crippen molar-refractivity contribution >= 4 is 45.5 Å². The van der Waals surface area contributed by atoms with Crippen LogP contribution >= 0.6 is 23.2 Å². The maximum atomic E-state index is 11.8. The zero-order valence-corrected chi connectivity index (χ0v) is 13.9. The van der Waals surface area contributed by atoms with Crippen LogP contribution in [0.5, 0.6) is 0 Å². The van der Waals surface area contributed by atoms with Gasteiger partial charge in [-0.2, -0.15) is 0 Å². The SMILES string of the molecule is Cn1c(CNc2cc3nc[nH]c(=O)c3cc2[N+](=O)[O-])cc(Cl)c1Cl. The zero-order valence-electron chi connectivity index (χ0n) is 12.3. The first-order valence-corrected chi connectivity index (χ1v) is 7.53. The van der Waals surface area contributed by atoms with Crippen molar-refractivity contribution in [3.05, 3.63) is 60.9 Å². The van der Waals surface area contributed by atoms with Crippen molar-refractivity contribution in [2.45, 2.75) is 6.54 Å². The van der Waals surface area contributed by atoms with Crippen LogP contribution in [-0.2, 0) is 13.6 Å². The minimum Gasteiger partial charge on any atom is -0.374 e. The van der Waals surface area contributed by atoms with Gasteiger partial charge < -0.3 is 14.9 Å². The molecule has 0 amide bonds. The average Bonchev–Trinajstić information content (AvgIpc) is 2.79. The number of nitro benzene ring substituents is 1. The summed E-state index contributed by atoms with van der Waals surface area (Å²) in [5.74, 6) is 0. The van der Waals surface area contributed by atoms with Crippen molar-refractivity contribution in [3.63, 3.8) is 0 Å². The molecule has 0 fully saturated rings. The molecule has 2 N–H and O–H groups in total. The molecule has 3 aromatic rings. The molecule has 124 valence electrons. The third-order valence-corrected chi connectivity index (χ3v) is 4.47. The number of fused-ring (bicyclic) bond motifs is 1. The fourth-order valence-corrected chi connectivity index (χ4v) is 2.76. The maximum Gasteiger partial charge on any atom is 0.293 e. The van der Waals surface area contributed by atoms with E-state index in [-0.39, 0.29) is 23.3 Å². The van der Waals surface area contributed by atoms with E-state index < -0.39 is 10.5 Å². The molecule has 8 nitrogen and oxygen atoms in total. The molecule has 0 aliphatic heterocycles. The summed E-state index contributed by atoms with van der Waals surface area (Å²) in [7, 11) is 1.74. The van der Waals surface area contributed by atoms with E-state index in [4.69, 9.17) is 23.2 Å². The standard InChI is InChI=1S/C14H11Cl2N5O3/c1-20-7(2-9(15)13(20)16)5-17-11-4-10-8(3-12(11)21(23)24)14(22)19-6-18-10/h2-4,6,17H,5H2,1H3,(H,18,19,22). The monoisotopic (exact) mass is 367 g/mol. The van der Waals surface area contributed by atoms with E-state index in [0.717, 1.165) is 5.69 Å². The molecule has 1 aromatic carbocycles. The quantitative estimate of drug-likeness (QED) is 0.544. The second kappa shape index (κ2) is 6.14. The zero-order chi connectivity index (χ0) is 17.4. The van der Waals surface area contributed by atoms with Crippen molar-refractivity contribution in [1.82, 2.24) is 14.5 Å². The third kappa shape index (κ3) is 2.81. The van der Waals surface area contributed by atoms with Crippen molar-refractivity contribution in [3.8, 4) is 0 Å². The van der Waals surface area contributed by atoms with E-state index in [1.807, 2.05) is 0 Å². The van der Waals surface area contributed by atoms with Crippen LogP contribution in [0.4, 0.5) is 11.4 Å². The first-order chi connectivity index (χ1) is 11.4. The van der Waals surface area contributed by atoms with Gasteiger partial charge in [0.2, 0.25) is 0 Å². The highest BCUT2D eigenvalue weighted by molar-refractivity contribution is 6.41. The van der Waals surface area contributed by atoms with Gasteiger partial charge in [0.15, 0.2) is 0 Å². The van der Waals surface area contributed by atoms with Crippen LogP contribution in [0, 0.1) is 10.1 Å². The Kier molecular flexibility index (Phi) is 4.16. The number of aromatic nitrogens is 3. The Bertz CT molecular complexity index is 1010.